The van der Waals surface area contributed by atoms with Gasteiger partial charge in [0.25, 0.3) is 11.5 Å². The highest BCUT2D eigenvalue weighted by atomic mass is 32.2. The fourth-order valence-corrected chi connectivity index (χ4v) is 6.52. The molecule has 2 saturated heterocycles. The molecular weight excluding hydrogens is 520 g/mol. The summed E-state index contributed by atoms with van der Waals surface area (Å²) in [4.78, 5) is 36.6. The van der Waals surface area contributed by atoms with Crippen LogP contribution in [-0.4, -0.2) is 43.9 Å². The molecule has 38 heavy (non-hydrogen) atoms. The SMILES string of the molecule is CCC1CCCCN1c1nc2ccc(C)cn2c(=O)c1/C=C1/SC(=S)N(Cc2ccc3c(c2)OCO3)C1=O. The van der Waals surface area contributed by atoms with Crippen molar-refractivity contribution in [2.45, 2.75) is 52.1 Å². The van der Waals surface area contributed by atoms with Gasteiger partial charge in [0.05, 0.1) is 17.0 Å². The number of hydrogen-bond acceptors (Lipinski definition) is 8. The topological polar surface area (TPSA) is 76.4 Å². The Morgan fingerprint density at radius 3 is 2.84 bits per heavy atom. The number of hydrogen-bond donors (Lipinski definition) is 0. The number of benzene rings is 1. The maximum atomic E-state index is 13.9. The van der Waals surface area contributed by atoms with Crippen LogP contribution in [0.1, 0.15) is 49.3 Å². The lowest BCUT2D eigenvalue weighted by molar-refractivity contribution is -0.122. The van der Waals surface area contributed by atoms with E-state index < -0.39 is 0 Å². The number of rotatable bonds is 5. The predicted octanol–water partition coefficient (Wildman–Crippen LogP) is 4.90. The van der Waals surface area contributed by atoms with Crippen LogP contribution in [0.15, 0.2) is 46.2 Å². The van der Waals surface area contributed by atoms with Gasteiger partial charge in [0.15, 0.2) is 11.5 Å². The molecule has 1 unspecified atom stereocenters. The standard InChI is InChI=1S/C28H28N4O4S2/c1-3-19-6-4-5-11-30(19)25-20(26(33)31-14-17(2)7-10-24(31)29-25)13-23-27(34)32(28(37)38-23)15-18-8-9-21-22(12-18)36-16-35-21/h7-10,12-14,19H,3-6,11,15-16H2,1-2H3/b23-13+. The summed E-state index contributed by atoms with van der Waals surface area (Å²) in [7, 11) is 0. The quantitative estimate of drug-likeness (QED) is 0.329. The summed E-state index contributed by atoms with van der Waals surface area (Å²) in [5.74, 6) is 1.77. The van der Waals surface area contributed by atoms with Crippen molar-refractivity contribution >= 4 is 51.7 Å². The summed E-state index contributed by atoms with van der Waals surface area (Å²) < 4.78 is 12.9. The second-order valence-corrected chi connectivity index (χ2v) is 11.5. The molecule has 3 aromatic rings. The molecule has 3 aliphatic rings. The second-order valence-electron chi connectivity index (χ2n) is 9.80. The molecule has 6 rings (SSSR count). The summed E-state index contributed by atoms with van der Waals surface area (Å²) in [5.41, 5.74) is 2.68. The average molecular weight is 549 g/mol. The number of nitrogens with zero attached hydrogens (tertiary/aromatic N) is 4. The maximum absolute atomic E-state index is 13.9. The second kappa shape index (κ2) is 10.1. The molecule has 2 fully saturated rings. The number of carbonyl (C=O) groups is 1. The van der Waals surface area contributed by atoms with Crippen LogP contribution < -0.4 is 19.9 Å². The number of carbonyl (C=O) groups excluding carboxylic acids is 1. The van der Waals surface area contributed by atoms with Crippen LogP contribution in [0.2, 0.25) is 0 Å². The third-order valence-corrected chi connectivity index (χ3v) is 8.66. The van der Waals surface area contributed by atoms with Gasteiger partial charge in [-0.05, 0) is 68.0 Å². The molecule has 2 aromatic heterocycles. The van der Waals surface area contributed by atoms with Crippen LogP contribution in [0.25, 0.3) is 11.7 Å². The Labute approximate surface area is 230 Å². The summed E-state index contributed by atoms with van der Waals surface area (Å²) in [5, 5.41) is 0. The minimum Gasteiger partial charge on any atom is -0.454 e. The zero-order valence-electron chi connectivity index (χ0n) is 21.3. The molecule has 0 spiro atoms. The zero-order valence-corrected chi connectivity index (χ0v) is 22.9. The van der Waals surface area contributed by atoms with Gasteiger partial charge in [-0.2, -0.15) is 0 Å². The normalized spacial score (nSPS) is 20.3. The molecule has 0 radical (unpaired) electrons. The Morgan fingerprint density at radius 2 is 2.00 bits per heavy atom. The molecule has 3 aliphatic heterocycles. The van der Waals surface area contributed by atoms with Crippen LogP contribution in [0.4, 0.5) is 5.82 Å². The van der Waals surface area contributed by atoms with Crippen molar-refractivity contribution in [3.63, 3.8) is 0 Å². The first-order valence-electron chi connectivity index (χ1n) is 12.9. The van der Waals surface area contributed by atoms with Crippen molar-refractivity contribution in [2.75, 3.05) is 18.2 Å². The van der Waals surface area contributed by atoms with Gasteiger partial charge in [0.2, 0.25) is 6.79 Å². The van der Waals surface area contributed by atoms with E-state index in [2.05, 4.69) is 11.8 Å². The van der Waals surface area contributed by atoms with E-state index in [-0.39, 0.29) is 18.3 Å². The summed E-state index contributed by atoms with van der Waals surface area (Å²) >= 11 is 6.81. The molecule has 5 heterocycles. The summed E-state index contributed by atoms with van der Waals surface area (Å²) in [6.07, 6.45) is 7.72. The minimum atomic E-state index is -0.219. The van der Waals surface area contributed by atoms with E-state index in [9.17, 15) is 9.59 Å². The molecule has 8 nitrogen and oxygen atoms in total. The molecule has 1 amide bonds. The first kappa shape index (κ1) is 24.9. The Bertz CT molecular complexity index is 1550. The van der Waals surface area contributed by atoms with Crippen molar-refractivity contribution in [3.05, 3.63) is 68.5 Å². The number of aryl methyl sites for hydroxylation is 1. The van der Waals surface area contributed by atoms with Crippen LogP contribution in [0.3, 0.4) is 0 Å². The van der Waals surface area contributed by atoms with Gasteiger partial charge in [-0.3, -0.25) is 18.9 Å². The van der Waals surface area contributed by atoms with Crippen molar-refractivity contribution in [3.8, 4) is 11.5 Å². The first-order valence-corrected chi connectivity index (χ1v) is 14.1. The third-order valence-electron chi connectivity index (χ3n) is 7.28. The smallest absolute Gasteiger partial charge is 0.267 e. The van der Waals surface area contributed by atoms with Crippen molar-refractivity contribution < 1.29 is 14.3 Å². The van der Waals surface area contributed by atoms with Gasteiger partial charge in [0, 0.05) is 18.8 Å². The maximum Gasteiger partial charge on any atom is 0.267 e. The number of anilines is 1. The Hall–Kier alpha value is -3.37. The fourth-order valence-electron chi connectivity index (χ4n) is 5.29. The minimum absolute atomic E-state index is 0.185. The van der Waals surface area contributed by atoms with Gasteiger partial charge < -0.3 is 14.4 Å². The lowest BCUT2D eigenvalue weighted by Crippen LogP contribution is -2.41. The van der Waals surface area contributed by atoms with E-state index in [4.69, 9.17) is 26.7 Å². The molecule has 0 bridgehead atoms. The monoisotopic (exact) mass is 548 g/mol. The van der Waals surface area contributed by atoms with Crippen LogP contribution >= 0.6 is 24.0 Å². The number of pyridine rings is 1. The lowest BCUT2D eigenvalue weighted by Gasteiger charge is -2.37. The van der Waals surface area contributed by atoms with Crippen LogP contribution in [0.5, 0.6) is 11.5 Å². The molecule has 1 aromatic carbocycles. The summed E-state index contributed by atoms with van der Waals surface area (Å²) in [6.45, 7) is 5.44. The Balaban J connectivity index is 1.40. The molecule has 0 aliphatic carbocycles. The predicted molar refractivity (Wildman–Crippen MR) is 153 cm³/mol. The third kappa shape index (κ3) is 4.45. The molecule has 196 valence electrons. The van der Waals surface area contributed by atoms with Crippen molar-refractivity contribution in [2.24, 2.45) is 0 Å². The Kier molecular flexibility index (Phi) is 6.61. The lowest BCUT2D eigenvalue weighted by atomic mass is 9.99. The van der Waals surface area contributed by atoms with Crippen molar-refractivity contribution in [1.29, 1.82) is 0 Å². The highest BCUT2D eigenvalue weighted by molar-refractivity contribution is 8.26. The Morgan fingerprint density at radius 1 is 1.16 bits per heavy atom. The van der Waals surface area contributed by atoms with Gasteiger partial charge in [-0.15, -0.1) is 0 Å². The number of ether oxygens (including phenoxy) is 2. The number of fused-ring (bicyclic) bond motifs is 2. The van der Waals surface area contributed by atoms with E-state index in [1.54, 1.807) is 21.6 Å². The summed E-state index contributed by atoms with van der Waals surface area (Å²) in [6, 6.07) is 9.74. The fraction of sp³-hybridized carbons (Fsp3) is 0.357. The van der Waals surface area contributed by atoms with Crippen LogP contribution in [0, 0.1) is 6.92 Å². The van der Waals surface area contributed by atoms with E-state index in [0.29, 0.717) is 50.3 Å². The van der Waals surface area contributed by atoms with E-state index in [0.717, 1.165) is 43.4 Å². The molecule has 0 saturated carbocycles. The average Bonchev–Trinajstić information content (AvgIpc) is 3.50. The number of amides is 1. The first-order chi connectivity index (χ1) is 18.4. The highest BCUT2D eigenvalue weighted by Gasteiger charge is 2.34. The van der Waals surface area contributed by atoms with Gasteiger partial charge in [-0.1, -0.05) is 43.0 Å². The van der Waals surface area contributed by atoms with E-state index >= 15 is 0 Å². The largest absolute Gasteiger partial charge is 0.454 e. The van der Waals surface area contributed by atoms with Gasteiger partial charge >= 0.3 is 0 Å². The number of thioether (sulfide) groups is 1. The van der Waals surface area contributed by atoms with Gasteiger partial charge in [0.1, 0.15) is 15.8 Å². The van der Waals surface area contributed by atoms with Crippen molar-refractivity contribution in [1.82, 2.24) is 14.3 Å². The van der Waals surface area contributed by atoms with Crippen LogP contribution in [-0.2, 0) is 11.3 Å². The zero-order chi connectivity index (χ0) is 26.4. The van der Waals surface area contributed by atoms with E-state index in [1.165, 1.54) is 11.8 Å². The number of thiocarbonyl (C=S) groups is 1. The molecule has 10 heteroatoms. The number of aromatic nitrogens is 2. The molecular formula is C28H28N4O4S2. The molecule has 0 N–H and O–H groups in total. The molecule has 1 atom stereocenters. The highest BCUT2D eigenvalue weighted by Crippen LogP contribution is 2.37. The number of piperidine rings is 1. The van der Waals surface area contributed by atoms with E-state index in [1.807, 2.05) is 37.3 Å². The van der Waals surface area contributed by atoms with Gasteiger partial charge in [-0.25, -0.2) is 4.98 Å².